The minimum Gasteiger partial charge on any atom is -0.388 e. The molecule has 0 unspecified atom stereocenters. The third-order valence-corrected chi connectivity index (χ3v) is 4.17. The molecular formula is C15H22ClN3O2. The van der Waals surface area contributed by atoms with Crippen LogP contribution in [0.25, 0.3) is 0 Å². The number of likely N-dealkylation sites (tertiary alicyclic amines) is 1. The van der Waals surface area contributed by atoms with Gasteiger partial charge in [-0.15, -0.1) is 0 Å². The average Bonchev–Trinajstić information content (AvgIpc) is 2.44. The van der Waals surface area contributed by atoms with Crippen LogP contribution in [-0.4, -0.2) is 48.3 Å². The van der Waals surface area contributed by atoms with Gasteiger partial charge in [0.15, 0.2) is 0 Å². The molecule has 1 aromatic carbocycles. The van der Waals surface area contributed by atoms with E-state index in [2.05, 4.69) is 15.5 Å². The lowest BCUT2D eigenvalue weighted by Gasteiger charge is -2.36. The highest BCUT2D eigenvalue weighted by molar-refractivity contribution is 6.30. The number of hydrogen-bond donors (Lipinski definition) is 3. The summed E-state index contributed by atoms with van der Waals surface area (Å²) in [5, 5.41) is 16.6. The van der Waals surface area contributed by atoms with Crippen molar-refractivity contribution in [1.29, 1.82) is 0 Å². The normalized spacial score (nSPS) is 18.3. The molecule has 0 radical (unpaired) electrons. The fourth-order valence-corrected chi connectivity index (χ4v) is 2.62. The van der Waals surface area contributed by atoms with E-state index in [-0.39, 0.29) is 12.6 Å². The maximum Gasteiger partial charge on any atom is 0.319 e. The summed E-state index contributed by atoms with van der Waals surface area (Å²) in [6.45, 7) is 3.83. The molecule has 0 aromatic heterocycles. The zero-order valence-electron chi connectivity index (χ0n) is 12.4. The van der Waals surface area contributed by atoms with Crippen LogP contribution < -0.4 is 10.6 Å². The van der Waals surface area contributed by atoms with Gasteiger partial charge in [0.05, 0.1) is 5.60 Å². The van der Waals surface area contributed by atoms with Crippen LogP contribution in [-0.2, 0) is 0 Å². The van der Waals surface area contributed by atoms with Crippen molar-refractivity contribution in [2.24, 2.45) is 0 Å². The second-order valence-corrected chi connectivity index (χ2v) is 6.23. The van der Waals surface area contributed by atoms with Gasteiger partial charge < -0.3 is 20.6 Å². The van der Waals surface area contributed by atoms with Crippen molar-refractivity contribution < 1.29 is 9.90 Å². The van der Waals surface area contributed by atoms with Crippen molar-refractivity contribution in [3.8, 4) is 0 Å². The largest absolute Gasteiger partial charge is 0.388 e. The summed E-state index contributed by atoms with van der Waals surface area (Å²) in [5.41, 5.74) is 0.807. The third-order valence-electron chi connectivity index (χ3n) is 3.93. The number of benzene rings is 1. The second kappa shape index (κ2) is 6.64. The highest BCUT2D eigenvalue weighted by Crippen LogP contribution is 2.21. The monoisotopic (exact) mass is 311 g/mol. The molecule has 0 saturated carbocycles. The van der Waals surface area contributed by atoms with Gasteiger partial charge >= 0.3 is 6.03 Å². The number of aryl methyl sites for hydroxylation is 1. The van der Waals surface area contributed by atoms with E-state index in [1.165, 1.54) is 0 Å². The van der Waals surface area contributed by atoms with Crippen LogP contribution in [0.4, 0.5) is 10.5 Å². The molecule has 0 bridgehead atoms. The van der Waals surface area contributed by atoms with Gasteiger partial charge in [0, 0.05) is 30.3 Å². The molecule has 3 N–H and O–H groups in total. The fourth-order valence-electron chi connectivity index (χ4n) is 2.39. The predicted molar refractivity (Wildman–Crippen MR) is 84.9 cm³/mol. The number of nitrogens with one attached hydrogen (secondary N) is 2. The van der Waals surface area contributed by atoms with Gasteiger partial charge in [0.2, 0.25) is 0 Å². The van der Waals surface area contributed by atoms with Gasteiger partial charge in [-0.3, -0.25) is 0 Å². The molecule has 1 aliphatic rings. The zero-order valence-corrected chi connectivity index (χ0v) is 13.2. The molecule has 0 aliphatic carbocycles. The van der Waals surface area contributed by atoms with Crippen molar-refractivity contribution >= 4 is 23.3 Å². The zero-order chi connectivity index (χ0) is 15.5. The number of rotatable bonds is 3. The maximum absolute atomic E-state index is 11.9. The molecular weight excluding hydrogens is 290 g/mol. The van der Waals surface area contributed by atoms with E-state index in [4.69, 9.17) is 11.6 Å². The molecule has 0 atom stereocenters. The molecule has 1 saturated heterocycles. The lowest BCUT2D eigenvalue weighted by atomic mass is 9.92. The summed E-state index contributed by atoms with van der Waals surface area (Å²) in [7, 11) is 2.03. The number of hydrogen-bond acceptors (Lipinski definition) is 3. The summed E-state index contributed by atoms with van der Waals surface area (Å²) >= 11 is 5.88. The van der Waals surface area contributed by atoms with Crippen LogP contribution in [0.2, 0.25) is 5.02 Å². The number of amides is 2. The number of nitrogens with zero attached hydrogens (tertiary/aromatic N) is 1. The van der Waals surface area contributed by atoms with Crippen LogP contribution >= 0.6 is 11.6 Å². The quantitative estimate of drug-likeness (QED) is 0.802. The van der Waals surface area contributed by atoms with Gasteiger partial charge in [0.1, 0.15) is 0 Å². The number of piperidine rings is 1. The second-order valence-electron chi connectivity index (χ2n) is 5.79. The Kier molecular flexibility index (Phi) is 5.08. The first-order valence-corrected chi connectivity index (χ1v) is 7.48. The molecule has 1 aromatic rings. The number of anilines is 1. The predicted octanol–water partition coefficient (Wildman–Crippen LogP) is 2.23. The minimum atomic E-state index is -0.807. The van der Waals surface area contributed by atoms with Gasteiger partial charge in [-0.25, -0.2) is 4.79 Å². The van der Waals surface area contributed by atoms with Gasteiger partial charge in [-0.2, -0.15) is 0 Å². The Bertz CT molecular complexity index is 514. The first-order valence-electron chi connectivity index (χ1n) is 7.10. The van der Waals surface area contributed by atoms with Crippen LogP contribution in [0.1, 0.15) is 18.4 Å². The van der Waals surface area contributed by atoms with Gasteiger partial charge in [0.25, 0.3) is 0 Å². The Morgan fingerprint density at radius 2 is 2.10 bits per heavy atom. The molecule has 2 rings (SSSR count). The number of carbonyl (C=O) groups excluding carboxylic acids is 1. The minimum absolute atomic E-state index is 0.263. The Morgan fingerprint density at radius 3 is 2.71 bits per heavy atom. The van der Waals surface area contributed by atoms with E-state index in [1.807, 2.05) is 14.0 Å². The Balaban J connectivity index is 1.84. The van der Waals surface area contributed by atoms with E-state index in [9.17, 15) is 9.90 Å². The molecule has 6 heteroatoms. The van der Waals surface area contributed by atoms with Crippen molar-refractivity contribution in [1.82, 2.24) is 10.2 Å². The Labute approximate surface area is 130 Å². The first-order chi connectivity index (χ1) is 9.88. The highest BCUT2D eigenvalue weighted by Gasteiger charge is 2.31. The molecule has 2 amide bonds. The van der Waals surface area contributed by atoms with E-state index in [0.29, 0.717) is 23.6 Å². The van der Waals surface area contributed by atoms with E-state index in [0.717, 1.165) is 18.7 Å². The topological polar surface area (TPSA) is 64.6 Å². The van der Waals surface area contributed by atoms with Crippen molar-refractivity contribution in [3.63, 3.8) is 0 Å². The number of aliphatic hydroxyl groups is 1. The van der Waals surface area contributed by atoms with Crippen molar-refractivity contribution in [2.45, 2.75) is 25.4 Å². The van der Waals surface area contributed by atoms with Crippen LogP contribution in [0.15, 0.2) is 18.2 Å². The molecule has 1 fully saturated rings. The maximum atomic E-state index is 11.9. The summed E-state index contributed by atoms with van der Waals surface area (Å²) in [4.78, 5) is 14.1. The lowest BCUT2D eigenvalue weighted by molar-refractivity contribution is -0.0120. The summed E-state index contributed by atoms with van der Waals surface area (Å²) in [6, 6.07) is 4.98. The fraction of sp³-hybridized carbons (Fsp3) is 0.533. The molecule has 116 valence electrons. The van der Waals surface area contributed by atoms with Gasteiger partial charge in [-0.05, 0) is 50.6 Å². The third kappa shape index (κ3) is 4.59. The molecule has 1 aliphatic heterocycles. The first kappa shape index (κ1) is 16.1. The van der Waals surface area contributed by atoms with E-state index >= 15 is 0 Å². The lowest BCUT2D eigenvalue weighted by Crippen LogP contribution is -2.50. The van der Waals surface area contributed by atoms with Crippen molar-refractivity contribution in [2.75, 3.05) is 32.0 Å². The van der Waals surface area contributed by atoms with Crippen LogP contribution in [0, 0.1) is 6.92 Å². The highest BCUT2D eigenvalue weighted by atomic mass is 35.5. The van der Waals surface area contributed by atoms with Crippen LogP contribution in [0.3, 0.4) is 0 Å². The van der Waals surface area contributed by atoms with Crippen LogP contribution in [0.5, 0.6) is 0 Å². The molecule has 1 heterocycles. The molecule has 5 nitrogen and oxygen atoms in total. The standard InChI is InChI=1S/C15H22ClN3O2/c1-11-9-12(16)3-4-13(11)18-14(20)17-10-15(21)5-7-19(2)8-6-15/h3-4,9,21H,5-8,10H2,1-2H3,(H2,17,18,20). The number of carbonyl (C=O) groups is 1. The van der Waals surface area contributed by atoms with Crippen molar-refractivity contribution in [3.05, 3.63) is 28.8 Å². The number of urea groups is 1. The summed E-state index contributed by atoms with van der Waals surface area (Å²) in [5.74, 6) is 0. The summed E-state index contributed by atoms with van der Waals surface area (Å²) in [6.07, 6.45) is 1.34. The molecule has 0 spiro atoms. The average molecular weight is 312 g/mol. The molecule has 21 heavy (non-hydrogen) atoms. The van der Waals surface area contributed by atoms with Gasteiger partial charge in [-0.1, -0.05) is 11.6 Å². The van der Waals surface area contributed by atoms with E-state index in [1.54, 1.807) is 18.2 Å². The summed E-state index contributed by atoms with van der Waals surface area (Å²) < 4.78 is 0. The smallest absolute Gasteiger partial charge is 0.319 e. The number of halogens is 1. The Morgan fingerprint density at radius 1 is 1.43 bits per heavy atom. The SMILES string of the molecule is Cc1cc(Cl)ccc1NC(=O)NCC1(O)CCN(C)CC1. The van der Waals surface area contributed by atoms with E-state index < -0.39 is 5.60 Å². The Hall–Kier alpha value is -1.30.